The van der Waals surface area contributed by atoms with Crippen molar-refractivity contribution in [3.05, 3.63) is 35.9 Å². The number of anilines is 3. The van der Waals surface area contributed by atoms with Crippen LogP contribution < -0.4 is 15.4 Å². The van der Waals surface area contributed by atoms with Crippen molar-refractivity contribution in [3.63, 3.8) is 0 Å². The summed E-state index contributed by atoms with van der Waals surface area (Å²) in [5, 5.41) is 25.1. The van der Waals surface area contributed by atoms with Crippen molar-refractivity contribution >= 4 is 23.6 Å². The summed E-state index contributed by atoms with van der Waals surface area (Å²) in [5.74, 6) is 1.17. The summed E-state index contributed by atoms with van der Waals surface area (Å²) < 4.78 is 10.4. The van der Waals surface area contributed by atoms with E-state index in [9.17, 15) is 4.79 Å². The molecule has 3 rings (SSSR count). The molecule has 0 aliphatic carbocycles. The molecule has 0 aromatic carbocycles. The molecule has 0 atom stereocenters. The van der Waals surface area contributed by atoms with E-state index in [1.54, 1.807) is 18.3 Å². The molecule has 11 nitrogen and oxygen atoms in total. The van der Waals surface area contributed by atoms with Crippen LogP contribution in [0.3, 0.4) is 0 Å². The Balaban J connectivity index is 1.60. The Hall–Kier alpha value is -3.63. The summed E-state index contributed by atoms with van der Waals surface area (Å²) in [6, 6.07) is 4.74. The molecule has 26 heavy (non-hydrogen) atoms. The highest BCUT2D eigenvalue weighted by Gasteiger charge is 2.11. The van der Waals surface area contributed by atoms with Gasteiger partial charge in [-0.2, -0.15) is 4.98 Å². The Kier molecular flexibility index (Phi) is 4.97. The number of nitrogens with zero attached hydrogens (tertiary/aromatic N) is 4. The number of carboxylic acids is 1. The summed E-state index contributed by atoms with van der Waals surface area (Å²) in [7, 11) is 0. The third-order valence-electron chi connectivity index (χ3n) is 3.03. The molecular formula is C15H17N7O4. The van der Waals surface area contributed by atoms with E-state index >= 15 is 0 Å². The maximum Gasteiger partial charge on any atom is 0.358 e. The predicted molar refractivity (Wildman–Crippen MR) is 90.5 cm³/mol. The van der Waals surface area contributed by atoms with Crippen molar-refractivity contribution < 1.29 is 19.2 Å². The quantitative estimate of drug-likeness (QED) is 0.470. The maximum absolute atomic E-state index is 10.8. The van der Waals surface area contributed by atoms with Crippen LogP contribution in [0.4, 0.5) is 17.6 Å². The van der Waals surface area contributed by atoms with Crippen LogP contribution in [0.1, 0.15) is 30.1 Å². The van der Waals surface area contributed by atoms with E-state index in [1.165, 1.54) is 6.07 Å². The van der Waals surface area contributed by atoms with Gasteiger partial charge < -0.3 is 25.0 Å². The number of H-pyrrole nitrogens is 1. The third kappa shape index (κ3) is 4.47. The number of rotatable bonds is 8. The van der Waals surface area contributed by atoms with E-state index < -0.39 is 5.97 Å². The average Bonchev–Trinajstić information content (AvgIpc) is 3.22. The number of aromatic amines is 1. The molecule has 0 saturated heterocycles. The SMILES string of the molecule is CC(C)Oc1cc(Nc2ccnc(NCc3cc(C(=O)O)no3)n2)[nH]n1. The molecule has 0 amide bonds. The van der Waals surface area contributed by atoms with Gasteiger partial charge in [-0.15, -0.1) is 5.10 Å². The predicted octanol–water partition coefficient (Wildman–Crippen LogP) is 2.03. The molecular weight excluding hydrogens is 342 g/mol. The fourth-order valence-corrected chi connectivity index (χ4v) is 1.98. The van der Waals surface area contributed by atoms with Crippen molar-refractivity contribution in [2.24, 2.45) is 0 Å². The molecule has 136 valence electrons. The molecule has 0 unspecified atom stereocenters. The fourth-order valence-electron chi connectivity index (χ4n) is 1.98. The van der Waals surface area contributed by atoms with Crippen LogP contribution in [0.15, 0.2) is 28.9 Å². The van der Waals surface area contributed by atoms with Crippen molar-refractivity contribution in [2.45, 2.75) is 26.5 Å². The molecule has 0 aliphatic heterocycles. The zero-order valence-corrected chi connectivity index (χ0v) is 14.1. The lowest BCUT2D eigenvalue weighted by atomic mass is 10.3. The van der Waals surface area contributed by atoms with Crippen LogP contribution in [0.25, 0.3) is 0 Å². The first kappa shape index (κ1) is 17.2. The van der Waals surface area contributed by atoms with Crippen LogP contribution in [0, 0.1) is 0 Å². The molecule has 3 aromatic heterocycles. The molecule has 11 heteroatoms. The topological polar surface area (TPSA) is 151 Å². The first-order valence-corrected chi connectivity index (χ1v) is 7.74. The highest BCUT2D eigenvalue weighted by Crippen LogP contribution is 2.18. The number of ether oxygens (including phenoxy) is 1. The minimum absolute atomic E-state index is 0.0266. The molecule has 4 N–H and O–H groups in total. The van der Waals surface area contributed by atoms with Gasteiger partial charge in [0.1, 0.15) is 11.6 Å². The number of aromatic carboxylic acids is 1. The zero-order chi connectivity index (χ0) is 18.5. The summed E-state index contributed by atoms with van der Waals surface area (Å²) in [5.41, 5.74) is -0.156. The smallest absolute Gasteiger partial charge is 0.358 e. The van der Waals surface area contributed by atoms with Gasteiger partial charge >= 0.3 is 5.97 Å². The van der Waals surface area contributed by atoms with Crippen LogP contribution in [0.2, 0.25) is 0 Å². The lowest BCUT2D eigenvalue weighted by molar-refractivity contribution is 0.0685. The summed E-state index contributed by atoms with van der Waals surface area (Å²) in [6.07, 6.45) is 1.60. The number of hydrogen-bond acceptors (Lipinski definition) is 9. The summed E-state index contributed by atoms with van der Waals surface area (Å²) in [6.45, 7) is 4.02. The second-order valence-corrected chi connectivity index (χ2v) is 5.51. The van der Waals surface area contributed by atoms with Crippen LogP contribution in [-0.4, -0.2) is 42.5 Å². The van der Waals surface area contributed by atoms with Crippen LogP contribution in [-0.2, 0) is 6.54 Å². The van der Waals surface area contributed by atoms with E-state index in [4.69, 9.17) is 14.4 Å². The highest BCUT2D eigenvalue weighted by atomic mass is 16.5. The molecule has 0 saturated carbocycles. The minimum atomic E-state index is -1.15. The summed E-state index contributed by atoms with van der Waals surface area (Å²) >= 11 is 0. The minimum Gasteiger partial charge on any atom is -0.476 e. The molecule has 0 bridgehead atoms. The van der Waals surface area contributed by atoms with Gasteiger partial charge in [-0.1, -0.05) is 5.16 Å². The third-order valence-corrected chi connectivity index (χ3v) is 3.03. The Morgan fingerprint density at radius 3 is 3.00 bits per heavy atom. The molecule has 3 heterocycles. The van der Waals surface area contributed by atoms with Crippen LogP contribution >= 0.6 is 0 Å². The van der Waals surface area contributed by atoms with Gasteiger partial charge in [0, 0.05) is 18.3 Å². The van der Waals surface area contributed by atoms with E-state index in [0.29, 0.717) is 29.2 Å². The van der Waals surface area contributed by atoms with E-state index in [2.05, 4.69) is 36.0 Å². The Morgan fingerprint density at radius 2 is 2.27 bits per heavy atom. The number of aromatic nitrogens is 5. The molecule has 0 spiro atoms. The second-order valence-electron chi connectivity index (χ2n) is 5.51. The molecule has 0 aliphatic rings. The lowest BCUT2D eigenvalue weighted by Crippen LogP contribution is -2.05. The zero-order valence-electron chi connectivity index (χ0n) is 14.1. The Bertz CT molecular complexity index is 890. The van der Waals surface area contributed by atoms with Crippen molar-refractivity contribution in [1.82, 2.24) is 25.3 Å². The van der Waals surface area contributed by atoms with Crippen molar-refractivity contribution in [3.8, 4) is 5.88 Å². The number of carbonyl (C=O) groups is 1. The Morgan fingerprint density at radius 1 is 1.42 bits per heavy atom. The van der Waals surface area contributed by atoms with Gasteiger partial charge in [-0.05, 0) is 19.9 Å². The van der Waals surface area contributed by atoms with E-state index in [1.807, 2.05) is 13.8 Å². The van der Waals surface area contributed by atoms with Gasteiger partial charge in [0.05, 0.1) is 12.6 Å². The number of carboxylic acid groups (broad SMARTS) is 1. The monoisotopic (exact) mass is 359 g/mol. The molecule has 0 fully saturated rings. The maximum atomic E-state index is 10.8. The molecule has 0 radical (unpaired) electrons. The van der Waals surface area contributed by atoms with Gasteiger partial charge in [0.15, 0.2) is 11.5 Å². The fraction of sp³-hybridized carbons (Fsp3) is 0.267. The standard InChI is InChI=1S/C15H17N7O4/c1-8(2)25-13-6-12(20-21-13)18-11-3-4-16-15(19-11)17-7-9-5-10(14(23)24)22-26-9/h3-6,8H,7H2,1-2H3,(H,23,24)(H3,16,17,18,19,20,21). The Labute approximate surface area is 147 Å². The lowest BCUT2D eigenvalue weighted by Gasteiger charge is -2.06. The summed E-state index contributed by atoms with van der Waals surface area (Å²) in [4.78, 5) is 19.2. The van der Waals surface area contributed by atoms with Gasteiger partial charge in [0.2, 0.25) is 11.8 Å². The van der Waals surface area contributed by atoms with Crippen molar-refractivity contribution in [2.75, 3.05) is 10.6 Å². The van der Waals surface area contributed by atoms with Gasteiger partial charge in [-0.25, -0.2) is 9.78 Å². The second kappa shape index (κ2) is 7.51. The number of hydrogen-bond donors (Lipinski definition) is 4. The highest BCUT2D eigenvalue weighted by molar-refractivity contribution is 5.85. The largest absolute Gasteiger partial charge is 0.476 e. The normalized spacial score (nSPS) is 10.7. The first-order chi connectivity index (χ1) is 12.5. The molecule has 3 aromatic rings. The number of nitrogens with one attached hydrogen (secondary N) is 3. The van der Waals surface area contributed by atoms with E-state index in [-0.39, 0.29) is 18.3 Å². The first-order valence-electron chi connectivity index (χ1n) is 7.74. The van der Waals surface area contributed by atoms with Gasteiger partial charge in [0.25, 0.3) is 0 Å². The van der Waals surface area contributed by atoms with Crippen LogP contribution in [0.5, 0.6) is 5.88 Å². The van der Waals surface area contributed by atoms with E-state index in [0.717, 1.165) is 0 Å². The van der Waals surface area contributed by atoms with Gasteiger partial charge in [-0.3, -0.25) is 5.10 Å². The van der Waals surface area contributed by atoms with Crippen molar-refractivity contribution in [1.29, 1.82) is 0 Å². The average molecular weight is 359 g/mol.